The van der Waals surface area contributed by atoms with Gasteiger partial charge in [-0.2, -0.15) is 0 Å². The van der Waals surface area contributed by atoms with Gasteiger partial charge >= 0.3 is 0 Å². The fourth-order valence-corrected chi connectivity index (χ4v) is 4.55. The number of piperazine rings is 1. The molecule has 1 N–H and O–H groups in total. The molecular weight excluding hydrogens is 348 g/mol. The first-order valence-corrected chi connectivity index (χ1v) is 10.6. The van der Waals surface area contributed by atoms with E-state index in [4.69, 9.17) is 0 Å². The number of amides is 1. The Bertz CT molecular complexity index is 795. The highest BCUT2D eigenvalue weighted by molar-refractivity contribution is 5.85. The average Bonchev–Trinajstić information content (AvgIpc) is 2.74. The van der Waals surface area contributed by atoms with Gasteiger partial charge in [-0.05, 0) is 42.8 Å². The lowest BCUT2D eigenvalue weighted by Crippen LogP contribution is -2.53. The third-order valence-corrected chi connectivity index (χ3v) is 6.27. The van der Waals surface area contributed by atoms with Crippen LogP contribution in [0.3, 0.4) is 0 Å². The Kier molecular flexibility index (Phi) is 6.25. The van der Waals surface area contributed by atoms with E-state index in [9.17, 15) is 4.79 Å². The predicted octanol–water partition coefficient (Wildman–Crippen LogP) is 2.17. The van der Waals surface area contributed by atoms with Gasteiger partial charge < -0.3 is 10.2 Å². The fourth-order valence-electron chi connectivity index (χ4n) is 4.55. The molecule has 5 nitrogen and oxygen atoms in total. The molecule has 0 spiro atoms. The summed E-state index contributed by atoms with van der Waals surface area (Å²) in [4.78, 5) is 19.6. The van der Waals surface area contributed by atoms with Crippen molar-refractivity contribution in [2.75, 3.05) is 52.9 Å². The lowest BCUT2D eigenvalue weighted by Gasteiger charge is -2.37. The zero-order valence-electron chi connectivity index (χ0n) is 16.9. The van der Waals surface area contributed by atoms with Crippen LogP contribution in [-0.4, -0.2) is 79.5 Å². The number of benzene rings is 2. The summed E-state index contributed by atoms with van der Waals surface area (Å²) in [6.45, 7) is 7.15. The van der Waals surface area contributed by atoms with E-state index < -0.39 is 0 Å². The average molecular weight is 381 g/mol. The Balaban J connectivity index is 1.29. The Labute approximate surface area is 168 Å². The number of fused-ring (bicyclic) bond motifs is 1. The number of carbonyl (C=O) groups is 1. The van der Waals surface area contributed by atoms with Crippen molar-refractivity contribution in [1.29, 1.82) is 0 Å². The molecule has 1 atom stereocenters. The third kappa shape index (κ3) is 4.54. The number of carbonyl (C=O) groups excluding carboxylic acids is 1. The fraction of sp³-hybridized carbons (Fsp3) is 0.522. The summed E-state index contributed by atoms with van der Waals surface area (Å²) in [6, 6.07) is 15.7. The van der Waals surface area contributed by atoms with Crippen molar-refractivity contribution in [3.8, 4) is 0 Å². The van der Waals surface area contributed by atoms with E-state index in [1.807, 2.05) is 7.05 Å². The zero-order valence-corrected chi connectivity index (χ0v) is 16.9. The summed E-state index contributed by atoms with van der Waals surface area (Å²) in [6.07, 6.45) is 2.39. The van der Waals surface area contributed by atoms with Crippen molar-refractivity contribution in [3.63, 3.8) is 0 Å². The highest BCUT2D eigenvalue weighted by Gasteiger charge is 2.25. The summed E-state index contributed by atoms with van der Waals surface area (Å²) >= 11 is 0. The number of hydrogen-bond acceptors (Lipinski definition) is 4. The smallest absolute Gasteiger partial charge is 0.236 e. The number of piperidine rings is 1. The van der Waals surface area contributed by atoms with Crippen LogP contribution in [0.5, 0.6) is 0 Å². The minimum atomic E-state index is 0.293. The SMILES string of the molecule is CNC1CCCN(CC(=O)N2CCN(Cc3cccc4ccccc34)CC2)C1. The van der Waals surface area contributed by atoms with E-state index in [0.29, 0.717) is 18.5 Å². The Morgan fingerprint density at radius 2 is 1.79 bits per heavy atom. The molecule has 0 saturated carbocycles. The first-order chi connectivity index (χ1) is 13.7. The molecular formula is C23H32N4O. The molecule has 2 aromatic rings. The summed E-state index contributed by atoms with van der Waals surface area (Å²) in [5, 5.41) is 6.00. The standard InChI is InChI=1S/C23H32N4O/c1-24-21-9-5-11-26(17-21)18-23(28)27-14-12-25(13-15-27)16-20-8-4-7-19-6-2-3-10-22(19)20/h2-4,6-8,10,21,24H,5,9,11-18H2,1H3. The van der Waals surface area contributed by atoms with E-state index >= 15 is 0 Å². The minimum Gasteiger partial charge on any atom is -0.339 e. The van der Waals surface area contributed by atoms with E-state index in [1.54, 1.807) is 0 Å². The number of nitrogens with zero attached hydrogens (tertiary/aromatic N) is 3. The minimum absolute atomic E-state index is 0.293. The van der Waals surface area contributed by atoms with Gasteiger partial charge in [0.15, 0.2) is 0 Å². The number of likely N-dealkylation sites (N-methyl/N-ethyl adjacent to an activating group) is 1. The maximum atomic E-state index is 12.7. The number of rotatable bonds is 5. The zero-order chi connectivity index (χ0) is 19.3. The molecule has 5 heteroatoms. The summed E-state index contributed by atoms with van der Waals surface area (Å²) < 4.78 is 0. The molecule has 1 unspecified atom stereocenters. The quantitative estimate of drug-likeness (QED) is 0.863. The second-order valence-corrected chi connectivity index (χ2v) is 8.16. The highest BCUT2D eigenvalue weighted by Crippen LogP contribution is 2.20. The lowest BCUT2D eigenvalue weighted by molar-refractivity contribution is -0.134. The monoisotopic (exact) mass is 380 g/mol. The van der Waals surface area contributed by atoms with Crippen molar-refractivity contribution < 1.29 is 4.79 Å². The van der Waals surface area contributed by atoms with Gasteiger partial charge in [0.05, 0.1) is 6.54 Å². The molecule has 4 rings (SSSR count). The van der Waals surface area contributed by atoms with Gasteiger partial charge in [0.2, 0.25) is 5.91 Å². The second-order valence-electron chi connectivity index (χ2n) is 8.16. The summed E-state index contributed by atoms with van der Waals surface area (Å²) in [5.74, 6) is 0.293. The molecule has 2 saturated heterocycles. The van der Waals surface area contributed by atoms with Crippen molar-refractivity contribution in [2.45, 2.75) is 25.4 Å². The van der Waals surface area contributed by atoms with Gasteiger partial charge in [-0.3, -0.25) is 14.6 Å². The summed E-state index contributed by atoms with van der Waals surface area (Å²) in [7, 11) is 2.02. The van der Waals surface area contributed by atoms with Gasteiger partial charge in [0, 0.05) is 45.3 Å². The molecule has 2 fully saturated rings. The lowest BCUT2D eigenvalue weighted by atomic mass is 10.0. The van der Waals surface area contributed by atoms with Crippen LogP contribution in [0.4, 0.5) is 0 Å². The molecule has 2 aliphatic rings. The Hall–Kier alpha value is -1.95. The van der Waals surface area contributed by atoms with Crippen LogP contribution >= 0.6 is 0 Å². The molecule has 2 aromatic carbocycles. The number of likely N-dealkylation sites (tertiary alicyclic amines) is 1. The summed E-state index contributed by atoms with van der Waals surface area (Å²) in [5.41, 5.74) is 1.38. The van der Waals surface area contributed by atoms with Crippen LogP contribution in [0.15, 0.2) is 42.5 Å². The normalized spacial score (nSPS) is 21.9. The van der Waals surface area contributed by atoms with Gasteiger partial charge in [-0.15, -0.1) is 0 Å². The van der Waals surface area contributed by atoms with Gasteiger partial charge in [0.25, 0.3) is 0 Å². The Morgan fingerprint density at radius 1 is 1.00 bits per heavy atom. The molecule has 2 aliphatic heterocycles. The van der Waals surface area contributed by atoms with Crippen molar-refractivity contribution in [1.82, 2.24) is 20.0 Å². The van der Waals surface area contributed by atoms with Crippen LogP contribution in [0.1, 0.15) is 18.4 Å². The molecule has 0 radical (unpaired) electrons. The van der Waals surface area contributed by atoms with Crippen LogP contribution in [0, 0.1) is 0 Å². The van der Waals surface area contributed by atoms with E-state index in [-0.39, 0.29) is 0 Å². The third-order valence-electron chi connectivity index (χ3n) is 6.27. The van der Waals surface area contributed by atoms with E-state index in [1.165, 1.54) is 29.2 Å². The van der Waals surface area contributed by atoms with Crippen LogP contribution < -0.4 is 5.32 Å². The largest absolute Gasteiger partial charge is 0.339 e. The molecule has 150 valence electrons. The Morgan fingerprint density at radius 3 is 2.61 bits per heavy atom. The van der Waals surface area contributed by atoms with Gasteiger partial charge in [-0.25, -0.2) is 0 Å². The van der Waals surface area contributed by atoms with E-state index in [2.05, 4.69) is 62.5 Å². The molecule has 1 amide bonds. The predicted molar refractivity (Wildman–Crippen MR) is 114 cm³/mol. The van der Waals surface area contributed by atoms with Gasteiger partial charge in [-0.1, -0.05) is 42.5 Å². The van der Waals surface area contributed by atoms with E-state index in [0.717, 1.165) is 45.8 Å². The van der Waals surface area contributed by atoms with Crippen molar-refractivity contribution >= 4 is 16.7 Å². The van der Waals surface area contributed by atoms with Crippen LogP contribution in [0.25, 0.3) is 10.8 Å². The second kappa shape index (κ2) is 9.03. The number of hydrogen-bond donors (Lipinski definition) is 1. The maximum absolute atomic E-state index is 12.7. The van der Waals surface area contributed by atoms with Crippen molar-refractivity contribution in [2.24, 2.45) is 0 Å². The first kappa shape index (κ1) is 19.4. The molecule has 0 bridgehead atoms. The van der Waals surface area contributed by atoms with Gasteiger partial charge in [0.1, 0.15) is 0 Å². The molecule has 28 heavy (non-hydrogen) atoms. The number of nitrogens with one attached hydrogen (secondary N) is 1. The maximum Gasteiger partial charge on any atom is 0.236 e. The highest BCUT2D eigenvalue weighted by atomic mass is 16.2. The molecule has 2 heterocycles. The molecule has 0 aliphatic carbocycles. The van der Waals surface area contributed by atoms with Crippen LogP contribution in [0.2, 0.25) is 0 Å². The molecule has 0 aromatic heterocycles. The van der Waals surface area contributed by atoms with Crippen LogP contribution in [-0.2, 0) is 11.3 Å². The topological polar surface area (TPSA) is 38.8 Å². The first-order valence-electron chi connectivity index (χ1n) is 10.6. The van der Waals surface area contributed by atoms with Crippen molar-refractivity contribution in [3.05, 3.63) is 48.0 Å².